The molecule has 0 aliphatic rings. The molecule has 0 saturated carbocycles. The highest BCUT2D eigenvalue weighted by Crippen LogP contribution is 2.21. The summed E-state index contributed by atoms with van der Waals surface area (Å²) in [6, 6.07) is 9.89. The number of carbonyl (C=O) groups is 1. The van der Waals surface area contributed by atoms with Crippen LogP contribution in [0.25, 0.3) is 0 Å². The third-order valence-electron chi connectivity index (χ3n) is 2.39. The normalized spacial score (nSPS) is 12.5. The zero-order chi connectivity index (χ0) is 12.0. The SMILES string of the molecule is CCC(OC(=O)CC(C)C)c1ccccc1. The van der Waals surface area contributed by atoms with Crippen LogP contribution in [-0.4, -0.2) is 5.97 Å². The van der Waals surface area contributed by atoms with Gasteiger partial charge in [-0.3, -0.25) is 4.79 Å². The zero-order valence-electron chi connectivity index (χ0n) is 10.3. The van der Waals surface area contributed by atoms with Crippen molar-refractivity contribution in [2.24, 2.45) is 5.92 Å². The molecule has 16 heavy (non-hydrogen) atoms. The van der Waals surface area contributed by atoms with E-state index in [1.54, 1.807) is 0 Å². The largest absolute Gasteiger partial charge is 0.457 e. The summed E-state index contributed by atoms with van der Waals surface area (Å²) in [7, 11) is 0. The van der Waals surface area contributed by atoms with Gasteiger partial charge in [0.25, 0.3) is 0 Å². The van der Waals surface area contributed by atoms with Crippen LogP contribution in [0.5, 0.6) is 0 Å². The molecule has 0 heterocycles. The molecule has 0 bridgehead atoms. The van der Waals surface area contributed by atoms with E-state index in [0.29, 0.717) is 12.3 Å². The highest BCUT2D eigenvalue weighted by Gasteiger charge is 2.15. The number of carbonyl (C=O) groups excluding carboxylic acids is 1. The standard InChI is InChI=1S/C14H20O2/c1-4-13(12-8-6-5-7-9-12)16-14(15)10-11(2)3/h5-9,11,13H,4,10H2,1-3H3. The van der Waals surface area contributed by atoms with E-state index in [0.717, 1.165) is 12.0 Å². The van der Waals surface area contributed by atoms with Crippen LogP contribution < -0.4 is 0 Å². The molecule has 0 fully saturated rings. The molecule has 2 nitrogen and oxygen atoms in total. The van der Waals surface area contributed by atoms with Crippen molar-refractivity contribution in [2.45, 2.75) is 39.7 Å². The monoisotopic (exact) mass is 220 g/mol. The highest BCUT2D eigenvalue weighted by molar-refractivity contribution is 5.69. The zero-order valence-corrected chi connectivity index (χ0v) is 10.3. The second-order valence-corrected chi connectivity index (χ2v) is 4.40. The van der Waals surface area contributed by atoms with Crippen molar-refractivity contribution in [3.63, 3.8) is 0 Å². The van der Waals surface area contributed by atoms with Gasteiger partial charge in [0.1, 0.15) is 6.10 Å². The van der Waals surface area contributed by atoms with E-state index in [9.17, 15) is 4.79 Å². The molecule has 0 N–H and O–H groups in total. The van der Waals surface area contributed by atoms with E-state index < -0.39 is 0 Å². The molecule has 0 aliphatic heterocycles. The number of hydrogen-bond donors (Lipinski definition) is 0. The van der Waals surface area contributed by atoms with Crippen molar-refractivity contribution in [3.8, 4) is 0 Å². The van der Waals surface area contributed by atoms with E-state index in [4.69, 9.17) is 4.74 Å². The summed E-state index contributed by atoms with van der Waals surface area (Å²) < 4.78 is 5.46. The van der Waals surface area contributed by atoms with Crippen LogP contribution in [0, 0.1) is 5.92 Å². The maximum absolute atomic E-state index is 11.6. The molecule has 0 spiro atoms. The summed E-state index contributed by atoms with van der Waals surface area (Å²) in [5.41, 5.74) is 1.07. The molecule has 0 aromatic heterocycles. The predicted octanol–water partition coefficient (Wildman–Crippen LogP) is 3.73. The van der Waals surface area contributed by atoms with Gasteiger partial charge in [0.05, 0.1) is 0 Å². The Bertz CT molecular complexity index is 317. The lowest BCUT2D eigenvalue weighted by Gasteiger charge is -2.17. The van der Waals surface area contributed by atoms with Crippen molar-refractivity contribution in [3.05, 3.63) is 35.9 Å². The van der Waals surface area contributed by atoms with Gasteiger partial charge < -0.3 is 4.74 Å². The summed E-state index contributed by atoms with van der Waals surface area (Å²) >= 11 is 0. The molecule has 1 atom stereocenters. The van der Waals surface area contributed by atoms with Crippen molar-refractivity contribution < 1.29 is 9.53 Å². The number of ether oxygens (including phenoxy) is 1. The van der Waals surface area contributed by atoms with Crippen LogP contribution >= 0.6 is 0 Å². The van der Waals surface area contributed by atoms with Crippen molar-refractivity contribution in [1.82, 2.24) is 0 Å². The number of hydrogen-bond acceptors (Lipinski definition) is 2. The highest BCUT2D eigenvalue weighted by atomic mass is 16.5. The first kappa shape index (κ1) is 12.8. The maximum atomic E-state index is 11.6. The Morgan fingerprint density at radius 2 is 1.88 bits per heavy atom. The Hall–Kier alpha value is -1.31. The van der Waals surface area contributed by atoms with Gasteiger partial charge in [0, 0.05) is 6.42 Å². The molecule has 0 amide bonds. The van der Waals surface area contributed by atoms with E-state index in [1.165, 1.54) is 0 Å². The van der Waals surface area contributed by atoms with E-state index in [1.807, 2.05) is 51.1 Å². The van der Waals surface area contributed by atoms with E-state index in [2.05, 4.69) is 0 Å². The molecule has 0 saturated heterocycles. The lowest BCUT2D eigenvalue weighted by Crippen LogP contribution is -2.12. The Morgan fingerprint density at radius 1 is 1.25 bits per heavy atom. The predicted molar refractivity (Wildman–Crippen MR) is 65.0 cm³/mol. The van der Waals surface area contributed by atoms with Gasteiger partial charge in [-0.25, -0.2) is 0 Å². The van der Waals surface area contributed by atoms with Gasteiger partial charge in [-0.05, 0) is 17.9 Å². The number of esters is 1. The minimum atomic E-state index is -0.106. The second kappa shape index (κ2) is 6.31. The molecular weight excluding hydrogens is 200 g/mol. The molecule has 2 heteroatoms. The lowest BCUT2D eigenvalue weighted by molar-refractivity contribution is -0.150. The molecule has 1 rings (SSSR count). The summed E-state index contributed by atoms with van der Waals surface area (Å²) in [6.07, 6.45) is 1.20. The first-order valence-electron chi connectivity index (χ1n) is 5.88. The van der Waals surface area contributed by atoms with E-state index >= 15 is 0 Å². The molecule has 1 aromatic rings. The van der Waals surface area contributed by atoms with E-state index in [-0.39, 0.29) is 12.1 Å². The quantitative estimate of drug-likeness (QED) is 0.707. The molecule has 1 aromatic carbocycles. The summed E-state index contributed by atoms with van der Waals surface area (Å²) in [5.74, 6) is 0.242. The van der Waals surface area contributed by atoms with Gasteiger partial charge in [0.2, 0.25) is 0 Å². The fourth-order valence-electron chi connectivity index (χ4n) is 1.59. The average molecular weight is 220 g/mol. The van der Waals surface area contributed by atoms with Crippen LogP contribution in [0.15, 0.2) is 30.3 Å². The third-order valence-corrected chi connectivity index (χ3v) is 2.39. The number of benzene rings is 1. The maximum Gasteiger partial charge on any atom is 0.306 e. The number of rotatable bonds is 5. The van der Waals surface area contributed by atoms with Crippen LogP contribution in [0.3, 0.4) is 0 Å². The Labute approximate surface area is 97.6 Å². The van der Waals surface area contributed by atoms with Gasteiger partial charge in [-0.15, -0.1) is 0 Å². The summed E-state index contributed by atoms with van der Waals surface area (Å²) in [4.78, 5) is 11.6. The van der Waals surface area contributed by atoms with Gasteiger partial charge in [-0.1, -0.05) is 51.1 Å². The van der Waals surface area contributed by atoms with Crippen molar-refractivity contribution >= 4 is 5.97 Å². The average Bonchev–Trinajstić information content (AvgIpc) is 2.26. The first-order chi connectivity index (χ1) is 7.63. The summed E-state index contributed by atoms with van der Waals surface area (Å²) in [5, 5.41) is 0. The molecule has 88 valence electrons. The van der Waals surface area contributed by atoms with Crippen LogP contribution in [-0.2, 0) is 9.53 Å². The topological polar surface area (TPSA) is 26.3 Å². The van der Waals surface area contributed by atoms with Gasteiger partial charge >= 0.3 is 5.97 Å². The lowest BCUT2D eigenvalue weighted by atomic mass is 10.1. The molecule has 0 aliphatic carbocycles. The molecule has 0 radical (unpaired) electrons. The Kier molecular flexibility index (Phi) is 5.03. The smallest absolute Gasteiger partial charge is 0.306 e. The molecule has 1 unspecified atom stereocenters. The van der Waals surface area contributed by atoms with Crippen LogP contribution in [0.4, 0.5) is 0 Å². The van der Waals surface area contributed by atoms with Gasteiger partial charge in [0.15, 0.2) is 0 Å². The van der Waals surface area contributed by atoms with Crippen molar-refractivity contribution in [1.29, 1.82) is 0 Å². The van der Waals surface area contributed by atoms with Crippen molar-refractivity contribution in [2.75, 3.05) is 0 Å². The van der Waals surface area contributed by atoms with Gasteiger partial charge in [-0.2, -0.15) is 0 Å². The summed E-state index contributed by atoms with van der Waals surface area (Å²) in [6.45, 7) is 6.07. The Morgan fingerprint density at radius 3 is 2.38 bits per heavy atom. The third kappa shape index (κ3) is 4.05. The minimum absolute atomic E-state index is 0.104. The fourth-order valence-corrected chi connectivity index (χ4v) is 1.59. The second-order valence-electron chi connectivity index (χ2n) is 4.40. The van der Waals surface area contributed by atoms with Crippen LogP contribution in [0.2, 0.25) is 0 Å². The Balaban J connectivity index is 2.59. The molecular formula is C14H20O2. The minimum Gasteiger partial charge on any atom is -0.457 e. The first-order valence-corrected chi connectivity index (χ1v) is 5.88. The van der Waals surface area contributed by atoms with Crippen LogP contribution in [0.1, 0.15) is 45.3 Å². The fraction of sp³-hybridized carbons (Fsp3) is 0.500.